The molecule has 2 amide bonds. The minimum Gasteiger partial charge on any atom is -0.368 e. The van der Waals surface area contributed by atoms with Crippen molar-refractivity contribution in [1.82, 2.24) is 10.1 Å². The maximum absolute atomic E-state index is 13.0. The number of para-hydroxylation sites is 1. The molecule has 9 heteroatoms. The van der Waals surface area contributed by atoms with Crippen molar-refractivity contribution in [1.29, 1.82) is 0 Å². The number of halogens is 1. The second kappa shape index (κ2) is 10.8. The lowest BCUT2D eigenvalue weighted by Crippen LogP contribution is -2.48. The van der Waals surface area contributed by atoms with Crippen LogP contribution in [-0.2, 0) is 11.2 Å². The van der Waals surface area contributed by atoms with Gasteiger partial charge in [-0.1, -0.05) is 53.2 Å². The number of hydrogen-bond acceptors (Lipinski definition) is 6. The van der Waals surface area contributed by atoms with Crippen LogP contribution in [0, 0.1) is 13.8 Å². The van der Waals surface area contributed by atoms with Crippen molar-refractivity contribution in [2.24, 2.45) is 0 Å². The summed E-state index contributed by atoms with van der Waals surface area (Å²) in [7, 11) is 0. The van der Waals surface area contributed by atoms with Crippen LogP contribution in [0.5, 0.6) is 0 Å². The Labute approximate surface area is 237 Å². The van der Waals surface area contributed by atoms with Crippen LogP contribution < -0.4 is 15.5 Å². The van der Waals surface area contributed by atoms with Gasteiger partial charge in [-0.05, 0) is 55.3 Å². The van der Waals surface area contributed by atoms with E-state index in [1.165, 1.54) is 0 Å². The summed E-state index contributed by atoms with van der Waals surface area (Å²) in [5.41, 5.74) is 6.79. The summed E-state index contributed by atoms with van der Waals surface area (Å²) in [6.45, 7) is 6.78. The molecule has 0 aliphatic carbocycles. The fraction of sp³-hybridized carbons (Fsp3) is 0.258. The van der Waals surface area contributed by atoms with Gasteiger partial charge in [0.2, 0.25) is 5.91 Å². The molecule has 8 nitrogen and oxygen atoms in total. The van der Waals surface area contributed by atoms with E-state index >= 15 is 0 Å². The highest BCUT2D eigenvalue weighted by Crippen LogP contribution is 2.39. The topological polar surface area (TPSA) is 90.7 Å². The van der Waals surface area contributed by atoms with E-state index < -0.39 is 0 Å². The normalized spacial score (nSPS) is 17.0. The number of aromatic nitrogens is 1. The molecule has 1 unspecified atom stereocenters. The van der Waals surface area contributed by atoms with Crippen LogP contribution in [0.25, 0.3) is 0 Å². The van der Waals surface area contributed by atoms with Crippen LogP contribution in [0.15, 0.2) is 71.3 Å². The minimum atomic E-state index is -0.149. The van der Waals surface area contributed by atoms with E-state index in [-0.39, 0.29) is 24.3 Å². The van der Waals surface area contributed by atoms with Crippen LogP contribution >= 0.6 is 11.6 Å². The van der Waals surface area contributed by atoms with E-state index in [0.717, 1.165) is 59.9 Å². The number of nitrogens with zero attached hydrogens (tertiary/aromatic N) is 3. The van der Waals surface area contributed by atoms with E-state index in [1.807, 2.05) is 55.5 Å². The third-order valence-electron chi connectivity index (χ3n) is 7.77. The third-order valence-corrected chi connectivity index (χ3v) is 8.08. The van der Waals surface area contributed by atoms with Gasteiger partial charge in [0.25, 0.3) is 5.91 Å². The minimum absolute atomic E-state index is 0.0285. The second-order valence-corrected chi connectivity index (χ2v) is 10.7. The highest BCUT2D eigenvalue weighted by atomic mass is 35.5. The Hall–Kier alpha value is -4.14. The number of nitrogens with one attached hydrogen (secondary N) is 2. The SMILES string of the molecule is Cc1noc(C)c1CC(=O)Nc1ccc(N2CCN(C3c4ccccc4NC(=O)c4ccccc43)CC2)c(Cl)c1. The number of aryl methyl sites for hydroxylation is 2. The standard InChI is InChI=1S/C31H30ClN5O3/c1-19-25(20(2)40-35-19)18-29(38)33-21-11-12-28(26(32)17-21)36-13-15-37(16-14-36)30-22-7-3-4-8-23(22)31(39)34-27-10-6-5-9-24(27)30/h3-12,17,30H,13-16,18H2,1-2H3,(H,33,38)(H,34,39). The number of rotatable bonds is 5. The van der Waals surface area contributed by atoms with Crippen molar-refractivity contribution < 1.29 is 14.1 Å². The molecule has 204 valence electrons. The van der Waals surface area contributed by atoms with E-state index in [0.29, 0.717) is 22.0 Å². The Morgan fingerprint density at radius 1 is 1.02 bits per heavy atom. The van der Waals surface area contributed by atoms with Gasteiger partial charge in [-0.2, -0.15) is 0 Å². The van der Waals surface area contributed by atoms with Crippen LogP contribution in [-0.4, -0.2) is 48.0 Å². The van der Waals surface area contributed by atoms with Crippen molar-refractivity contribution >= 4 is 40.5 Å². The Morgan fingerprint density at radius 2 is 1.75 bits per heavy atom. The van der Waals surface area contributed by atoms with Crippen LogP contribution in [0.2, 0.25) is 5.02 Å². The van der Waals surface area contributed by atoms with Gasteiger partial charge in [-0.25, -0.2) is 0 Å². The highest BCUT2D eigenvalue weighted by Gasteiger charge is 2.33. The Kier molecular flexibility index (Phi) is 7.04. The number of carbonyl (C=O) groups is 2. The van der Waals surface area contributed by atoms with Crippen molar-refractivity contribution in [2.45, 2.75) is 26.3 Å². The number of fused-ring (bicyclic) bond motifs is 2. The molecule has 1 aromatic heterocycles. The van der Waals surface area contributed by atoms with Gasteiger partial charge < -0.3 is 20.1 Å². The molecule has 0 bridgehead atoms. The predicted molar refractivity (Wildman–Crippen MR) is 156 cm³/mol. The first-order valence-electron chi connectivity index (χ1n) is 13.4. The molecular weight excluding hydrogens is 526 g/mol. The molecule has 1 atom stereocenters. The molecule has 6 rings (SSSR count). The molecule has 4 aromatic rings. The zero-order valence-corrected chi connectivity index (χ0v) is 23.2. The first-order valence-corrected chi connectivity index (χ1v) is 13.8. The second-order valence-electron chi connectivity index (χ2n) is 10.2. The highest BCUT2D eigenvalue weighted by molar-refractivity contribution is 6.33. The lowest BCUT2D eigenvalue weighted by Gasteiger charge is -2.41. The van der Waals surface area contributed by atoms with Gasteiger partial charge in [0.15, 0.2) is 0 Å². The summed E-state index contributed by atoms with van der Waals surface area (Å²) in [5.74, 6) is 0.428. The fourth-order valence-corrected chi connectivity index (χ4v) is 6.02. The van der Waals surface area contributed by atoms with Gasteiger partial charge >= 0.3 is 0 Å². The molecule has 2 N–H and O–H groups in total. The van der Waals surface area contributed by atoms with E-state index in [1.54, 1.807) is 13.0 Å². The largest absolute Gasteiger partial charge is 0.368 e. The van der Waals surface area contributed by atoms with Gasteiger partial charge in [0, 0.05) is 48.7 Å². The van der Waals surface area contributed by atoms with Crippen LogP contribution in [0.1, 0.15) is 44.5 Å². The molecule has 0 saturated carbocycles. The maximum atomic E-state index is 13.0. The zero-order chi connectivity index (χ0) is 27.8. The molecule has 1 fully saturated rings. The van der Waals surface area contributed by atoms with Crippen molar-refractivity contribution in [2.75, 3.05) is 41.7 Å². The molecule has 2 aliphatic rings. The van der Waals surface area contributed by atoms with Crippen molar-refractivity contribution in [3.63, 3.8) is 0 Å². The van der Waals surface area contributed by atoms with Crippen LogP contribution in [0.4, 0.5) is 17.1 Å². The first-order chi connectivity index (χ1) is 19.4. The Bertz CT molecular complexity index is 1570. The molecule has 1 saturated heterocycles. The number of hydrogen-bond donors (Lipinski definition) is 2. The van der Waals surface area contributed by atoms with E-state index in [4.69, 9.17) is 16.1 Å². The van der Waals surface area contributed by atoms with E-state index in [9.17, 15) is 9.59 Å². The molecule has 0 spiro atoms. The summed E-state index contributed by atoms with van der Waals surface area (Å²) < 4.78 is 5.16. The Morgan fingerprint density at radius 3 is 2.48 bits per heavy atom. The van der Waals surface area contributed by atoms with E-state index in [2.05, 4.69) is 37.7 Å². The van der Waals surface area contributed by atoms with Gasteiger partial charge in [0.05, 0.1) is 28.9 Å². The number of piperazine rings is 1. The summed E-state index contributed by atoms with van der Waals surface area (Å²) in [5, 5.41) is 10.5. The summed E-state index contributed by atoms with van der Waals surface area (Å²) >= 11 is 6.72. The van der Waals surface area contributed by atoms with Gasteiger partial charge in [-0.15, -0.1) is 0 Å². The Balaban J connectivity index is 1.16. The summed E-state index contributed by atoms with van der Waals surface area (Å²) in [4.78, 5) is 30.3. The molecule has 40 heavy (non-hydrogen) atoms. The lowest BCUT2D eigenvalue weighted by molar-refractivity contribution is -0.115. The molecule has 2 aliphatic heterocycles. The van der Waals surface area contributed by atoms with Crippen molar-refractivity contribution in [3.8, 4) is 0 Å². The van der Waals surface area contributed by atoms with Crippen LogP contribution in [0.3, 0.4) is 0 Å². The fourth-order valence-electron chi connectivity index (χ4n) is 5.72. The maximum Gasteiger partial charge on any atom is 0.256 e. The number of carbonyl (C=O) groups excluding carboxylic acids is 2. The van der Waals surface area contributed by atoms with Gasteiger partial charge in [0.1, 0.15) is 5.76 Å². The summed E-state index contributed by atoms with van der Waals surface area (Å²) in [6, 6.07) is 21.5. The lowest BCUT2D eigenvalue weighted by atomic mass is 9.93. The van der Waals surface area contributed by atoms with Gasteiger partial charge in [-0.3, -0.25) is 14.5 Å². The monoisotopic (exact) mass is 555 g/mol. The molecular formula is C31H30ClN5O3. The smallest absolute Gasteiger partial charge is 0.256 e. The average Bonchev–Trinajstić information content (AvgIpc) is 3.20. The van der Waals surface area contributed by atoms with Crippen molar-refractivity contribution in [3.05, 3.63) is 105 Å². The molecule has 3 heterocycles. The zero-order valence-electron chi connectivity index (χ0n) is 22.4. The first kappa shape index (κ1) is 26.1. The molecule has 0 radical (unpaired) electrons. The summed E-state index contributed by atoms with van der Waals surface area (Å²) in [6.07, 6.45) is 0.192. The quantitative estimate of drug-likeness (QED) is 0.333. The third kappa shape index (κ3) is 4.96. The average molecular weight is 556 g/mol. The number of benzene rings is 3. The number of anilines is 3. The predicted octanol–water partition coefficient (Wildman–Crippen LogP) is 5.60. The number of amides is 2. The molecule has 3 aromatic carbocycles.